The van der Waals surface area contributed by atoms with Crippen LogP contribution in [0.5, 0.6) is 0 Å². The summed E-state index contributed by atoms with van der Waals surface area (Å²) in [6, 6.07) is 5.06. The molecule has 1 saturated heterocycles. The maximum atomic E-state index is 14.3. The first-order chi connectivity index (χ1) is 17.7. The van der Waals surface area contributed by atoms with Gasteiger partial charge in [-0.2, -0.15) is 4.98 Å². The zero-order valence-corrected chi connectivity index (χ0v) is 21.4. The number of primary amides is 1. The highest BCUT2D eigenvalue weighted by Crippen LogP contribution is 2.49. The van der Waals surface area contributed by atoms with Crippen molar-refractivity contribution in [2.75, 3.05) is 49.2 Å². The molecule has 5 atom stereocenters. The van der Waals surface area contributed by atoms with Gasteiger partial charge in [0.2, 0.25) is 17.1 Å². The van der Waals surface area contributed by atoms with Crippen molar-refractivity contribution >= 4 is 40.6 Å². The summed E-state index contributed by atoms with van der Waals surface area (Å²) in [5.41, 5.74) is 14.3. The first-order valence-electron chi connectivity index (χ1n) is 12.5. The summed E-state index contributed by atoms with van der Waals surface area (Å²) in [5, 5.41) is 6.10. The summed E-state index contributed by atoms with van der Waals surface area (Å²) in [6.45, 7) is 3.67. The molecule has 2 aromatic rings. The summed E-state index contributed by atoms with van der Waals surface area (Å²) < 4.78 is 14.3. The molecule has 2 bridgehead atoms. The fraction of sp³-hybridized carbons (Fsp3) is 0.520. The standard InChI is InChI=1S/C25H32ClFN8O2/c1-34-4-6-35(7-5-34)19-3-2-15(28)8-13(19)11-20(36)31-18-10-14-9-16(18)22(21(14)23(29)37)32-24-17(27)12-30-25(26)33-24/h2-3,8,12,14,16,18,21-22H,4-7,9-11,28H2,1H3,(H2,29,37)(H,31,36)(H,30,32,33). The largest absolute Gasteiger partial charge is 0.399 e. The van der Waals surface area contributed by atoms with E-state index in [2.05, 4.69) is 37.4 Å². The van der Waals surface area contributed by atoms with Gasteiger partial charge in [0.1, 0.15) is 0 Å². The summed E-state index contributed by atoms with van der Waals surface area (Å²) in [4.78, 5) is 37.6. The lowest BCUT2D eigenvalue weighted by atomic mass is 9.81. The number of nitrogens with two attached hydrogens (primary N) is 2. The van der Waals surface area contributed by atoms with Crippen molar-refractivity contribution in [3.05, 3.63) is 41.1 Å². The molecule has 2 aliphatic carbocycles. The minimum absolute atomic E-state index is 0.0149. The van der Waals surface area contributed by atoms with E-state index in [0.717, 1.165) is 43.6 Å². The van der Waals surface area contributed by atoms with Gasteiger partial charge in [-0.1, -0.05) is 0 Å². The van der Waals surface area contributed by atoms with Gasteiger partial charge in [0.05, 0.1) is 18.5 Å². The minimum atomic E-state index is -0.672. The van der Waals surface area contributed by atoms with E-state index in [1.165, 1.54) is 0 Å². The molecule has 3 fully saturated rings. The number of hydrogen-bond donors (Lipinski definition) is 4. The lowest BCUT2D eigenvalue weighted by Gasteiger charge is -2.36. The van der Waals surface area contributed by atoms with Gasteiger partial charge in [0.15, 0.2) is 11.6 Å². The monoisotopic (exact) mass is 530 g/mol. The quantitative estimate of drug-likeness (QED) is 0.309. The highest BCUT2D eigenvalue weighted by Gasteiger charge is 2.55. The lowest BCUT2D eigenvalue weighted by molar-refractivity contribution is -0.123. The van der Waals surface area contributed by atoms with Crippen LogP contribution in [-0.2, 0) is 16.0 Å². The minimum Gasteiger partial charge on any atom is -0.399 e. The molecule has 0 spiro atoms. The van der Waals surface area contributed by atoms with E-state index in [1.807, 2.05) is 18.2 Å². The zero-order chi connectivity index (χ0) is 26.3. The van der Waals surface area contributed by atoms with Crippen LogP contribution in [0.1, 0.15) is 18.4 Å². The zero-order valence-electron chi connectivity index (χ0n) is 20.7. The number of nitrogen functional groups attached to an aromatic ring is 1. The van der Waals surface area contributed by atoms with Crippen molar-refractivity contribution in [3.63, 3.8) is 0 Å². The number of nitrogens with zero attached hydrogens (tertiary/aromatic N) is 4. The molecular weight excluding hydrogens is 499 g/mol. The number of anilines is 3. The predicted molar refractivity (Wildman–Crippen MR) is 140 cm³/mol. The molecule has 0 radical (unpaired) electrons. The SMILES string of the molecule is CN1CCN(c2ccc(N)cc2CC(=O)NC2CC3CC2C(Nc2nc(Cl)ncc2F)C3C(N)=O)CC1. The Morgan fingerprint density at radius 1 is 1.22 bits per heavy atom. The number of piperazine rings is 1. The third-order valence-electron chi connectivity index (χ3n) is 8.00. The third-order valence-corrected chi connectivity index (χ3v) is 8.18. The lowest BCUT2D eigenvalue weighted by Crippen LogP contribution is -2.52. The Balaban J connectivity index is 1.30. The Morgan fingerprint density at radius 3 is 2.70 bits per heavy atom. The Bertz CT molecular complexity index is 1190. The molecule has 1 aliphatic heterocycles. The van der Waals surface area contributed by atoms with Crippen molar-refractivity contribution in [3.8, 4) is 0 Å². The smallest absolute Gasteiger partial charge is 0.224 e. The molecule has 5 unspecified atom stereocenters. The number of amides is 2. The van der Waals surface area contributed by atoms with E-state index in [9.17, 15) is 14.0 Å². The molecule has 1 aromatic heterocycles. The molecular formula is C25H32ClFN8O2. The van der Waals surface area contributed by atoms with Crippen LogP contribution in [0.3, 0.4) is 0 Å². The Morgan fingerprint density at radius 2 is 1.97 bits per heavy atom. The highest BCUT2D eigenvalue weighted by molar-refractivity contribution is 6.28. The van der Waals surface area contributed by atoms with Gasteiger partial charge in [-0.25, -0.2) is 9.37 Å². The molecule has 2 saturated carbocycles. The van der Waals surface area contributed by atoms with Gasteiger partial charge in [-0.05, 0) is 61.2 Å². The van der Waals surface area contributed by atoms with Crippen molar-refractivity contribution in [2.24, 2.45) is 23.5 Å². The van der Waals surface area contributed by atoms with E-state index >= 15 is 0 Å². The average molecular weight is 531 g/mol. The molecule has 198 valence electrons. The summed E-state index contributed by atoms with van der Waals surface area (Å²) in [6.07, 6.45) is 2.50. The maximum absolute atomic E-state index is 14.3. The number of halogens is 2. The van der Waals surface area contributed by atoms with Gasteiger partial charge in [0, 0.05) is 55.6 Å². The normalized spacial score (nSPS) is 27.3. The summed E-state index contributed by atoms with van der Waals surface area (Å²) in [7, 11) is 2.10. The number of rotatable bonds is 7. The van der Waals surface area contributed by atoms with Crippen LogP contribution < -0.4 is 27.0 Å². The second-order valence-electron chi connectivity index (χ2n) is 10.4. The molecule has 1 aromatic carbocycles. The molecule has 6 N–H and O–H groups in total. The van der Waals surface area contributed by atoms with Crippen molar-refractivity contribution < 1.29 is 14.0 Å². The van der Waals surface area contributed by atoms with Gasteiger partial charge in [-0.3, -0.25) is 9.59 Å². The van der Waals surface area contributed by atoms with Gasteiger partial charge in [0.25, 0.3) is 0 Å². The number of aromatic nitrogens is 2. The van der Waals surface area contributed by atoms with Gasteiger partial charge in [-0.15, -0.1) is 0 Å². The van der Waals surface area contributed by atoms with Crippen LogP contribution in [-0.4, -0.2) is 72.0 Å². The molecule has 5 rings (SSSR count). The van der Waals surface area contributed by atoms with Crippen LogP contribution in [0.2, 0.25) is 5.28 Å². The Labute approximate surface area is 219 Å². The Kier molecular flexibility index (Phi) is 7.09. The van der Waals surface area contributed by atoms with E-state index < -0.39 is 23.7 Å². The number of likely N-dealkylation sites (N-methyl/N-ethyl adjacent to an activating group) is 1. The maximum Gasteiger partial charge on any atom is 0.224 e. The van der Waals surface area contributed by atoms with E-state index in [1.54, 1.807) is 0 Å². The number of carbonyl (C=O) groups excluding carboxylic acids is 2. The molecule has 37 heavy (non-hydrogen) atoms. The first kappa shape index (κ1) is 25.5. The van der Waals surface area contributed by atoms with Crippen LogP contribution >= 0.6 is 11.6 Å². The Hall–Kier alpha value is -3.18. The number of nitrogens with one attached hydrogen (secondary N) is 2. The number of fused-ring (bicyclic) bond motifs is 2. The van der Waals surface area contributed by atoms with Crippen LogP contribution in [0.25, 0.3) is 0 Å². The van der Waals surface area contributed by atoms with E-state index in [4.69, 9.17) is 23.1 Å². The highest BCUT2D eigenvalue weighted by atomic mass is 35.5. The summed E-state index contributed by atoms with van der Waals surface area (Å²) in [5.74, 6) is -1.95. The molecule has 12 heteroatoms. The van der Waals surface area contributed by atoms with Gasteiger partial charge < -0.3 is 31.9 Å². The second kappa shape index (κ2) is 10.3. The van der Waals surface area contributed by atoms with Crippen LogP contribution in [0.4, 0.5) is 21.6 Å². The molecule has 2 heterocycles. The van der Waals surface area contributed by atoms with Crippen molar-refractivity contribution in [1.29, 1.82) is 0 Å². The van der Waals surface area contributed by atoms with Crippen LogP contribution in [0, 0.1) is 23.6 Å². The third kappa shape index (κ3) is 5.28. The number of hydrogen-bond acceptors (Lipinski definition) is 8. The number of carbonyl (C=O) groups is 2. The topological polar surface area (TPSA) is 142 Å². The van der Waals surface area contributed by atoms with E-state index in [0.29, 0.717) is 18.5 Å². The predicted octanol–water partition coefficient (Wildman–Crippen LogP) is 1.25. The molecule has 10 nitrogen and oxygen atoms in total. The second-order valence-corrected chi connectivity index (χ2v) is 10.7. The number of benzene rings is 1. The van der Waals surface area contributed by atoms with Gasteiger partial charge >= 0.3 is 0 Å². The first-order valence-corrected chi connectivity index (χ1v) is 12.9. The summed E-state index contributed by atoms with van der Waals surface area (Å²) >= 11 is 5.85. The van der Waals surface area contributed by atoms with E-state index in [-0.39, 0.29) is 41.3 Å². The fourth-order valence-corrected chi connectivity index (χ4v) is 6.40. The van der Waals surface area contributed by atoms with Crippen molar-refractivity contribution in [1.82, 2.24) is 20.2 Å². The molecule has 2 amide bonds. The van der Waals surface area contributed by atoms with Crippen LogP contribution in [0.15, 0.2) is 24.4 Å². The average Bonchev–Trinajstić information content (AvgIpc) is 3.40. The molecule has 3 aliphatic rings. The fourth-order valence-electron chi connectivity index (χ4n) is 6.27. The van der Waals surface area contributed by atoms with Crippen molar-refractivity contribution in [2.45, 2.75) is 31.3 Å².